The monoisotopic (exact) mass is 302 g/mol. The molecule has 0 spiro atoms. The van der Waals surface area contributed by atoms with Gasteiger partial charge in [0.15, 0.2) is 0 Å². The summed E-state index contributed by atoms with van der Waals surface area (Å²) >= 11 is 3.55. The van der Waals surface area contributed by atoms with Crippen molar-refractivity contribution >= 4 is 15.9 Å². The van der Waals surface area contributed by atoms with E-state index in [1.54, 1.807) is 4.57 Å². The molecule has 0 aliphatic heterocycles. The van der Waals surface area contributed by atoms with E-state index in [1.165, 1.54) is 0 Å². The Morgan fingerprint density at radius 2 is 1.88 bits per heavy atom. The van der Waals surface area contributed by atoms with E-state index < -0.39 is 0 Å². The van der Waals surface area contributed by atoms with Gasteiger partial charge in [0.2, 0.25) is 0 Å². The van der Waals surface area contributed by atoms with Crippen LogP contribution in [-0.2, 0) is 13.1 Å². The van der Waals surface area contributed by atoms with Crippen LogP contribution < -0.4 is 5.69 Å². The quantitative estimate of drug-likeness (QED) is 0.768. The summed E-state index contributed by atoms with van der Waals surface area (Å²) in [5, 5.41) is 0.919. The van der Waals surface area contributed by atoms with Gasteiger partial charge in [-0.25, -0.2) is 4.79 Å². The van der Waals surface area contributed by atoms with E-state index in [0.717, 1.165) is 24.8 Å². The first-order valence-electron chi connectivity index (χ1n) is 6.21. The third-order valence-corrected chi connectivity index (χ3v) is 3.99. The zero-order chi connectivity index (χ0) is 13.1. The molecule has 1 heterocycles. The molecule has 98 valence electrons. The number of hydrogen-bond acceptors (Lipinski definition) is 1. The van der Waals surface area contributed by atoms with Crippen molar-refractivity contribution < 1.29 is 0 Å². The molecule has 0 fully saturated rings. The standard InChI is InChI=1S/C13H23BrN2O/c1-5-6-15-7-8-16(12(15)17)10-11(9-14)13(2,3)4/h7-8,11H,5-6,9-10H2,1-4H3. The van der Waals surface area contributed by atoms with E-state index >= 15 is 0 Å². The molecule has 3 nitrogen and oxygen atoms in total. The highest BCUT2D eigenvalue weighted by molar-refractivity contribution is 9.09. The van der Waals surface area contributed by atoms with Crippen molar-refractivity contribution in [1.29, 1.82) is 0 Å². The van der Waals surface area contributed by atoms with Crippen LogP contribution >= 0.6 is 15.9 Å². The molecule has 1 aromatic heterocycles. The van der Waals surface area contributed by atoms with Gasteiger partial charge in [0, 0.05) is 30.8 Å². The second-order valence-corrected chi connectivity index (χ2v) is 6.29. The van der Waals surface area contributed by atoms with Crippen molar-refractivity contribution in [3.8, 4) is 0 Å². The summed E-state index contributed by atoms with van der Waals surface area (Å²) < 4.78 is 3.61. The second kappa shape index (κ2) is 5.89. The van der Waals surface area contributed by atoms with Gasteiger partial charge in [-0.05, 0) is 17.8 Å². The van der Waals surface area contributed by atoms with Crippen LogP contribution in [0, 0.1) is 11.3 Å². The van der Waals surface area contributed by atoms with Gasteiger partial charge < -0.3 is 0 Å². The highest BCUT2D eigenvalue weighted by atomic mass is 79.9. The molecule has 17 heavy (non-hydrogen) atoms. The first kappa shape index (κ1) is 14.6. The smallest absolute Gasteiger partial charge is 0.299 e. The van der Waals surface area contributed by atoms with Crippen molar-refractivity contribution in [3.63, 3.8) is 0 Å². The third kappa shape index (κ3) is 3.73. The molecule has 0 bridgehead atoms. The summed E-state index contributed by atoms with van der Waals surface area (Å²) in [7, 11) is 0. The van der Waals surface area contributed by atoms with Gasteiger partial charge in [-0.15, -0.1) is 0 Å². The van der Waals surface area contributed by atoms with Crippen molar-refractivity contribution in [2.75, 3.05) is 5.33 Å². The van der Waals surface area contributed by atoms with Crippen LogP contribution in [-0.4, -0.2) is 14.5 Å². The molecule has 1 unspecified atom stereocenters. The molecule has 0 saturated carbocycles. The molecule has 0 radical (unpaired) electrons. The van der Waals surface area contributed by atoms with Gasteiger partial charge >= 0.3 is 5.69 Å². The maximum Gasteiger partial charge on any atom is 0.328 e. The Kier molecular flexibility index (Phi) is 5.04. The Bertz CT molecular complexity index is 400. The van der Waals surface area contributed by atoms with Crippen LogP contribution in [0.2, 0.25) is 0 Å². The Morgan fingerprint density at radius 1 is 1.29 bits per heavy atom. The van der Waals surface area contributed by atoms with E-state index in [0.29, 0.717) is 5.92 Å². The summed E-state index contributed by atoms with van der Waals surface area (Å²) in [5.74, 6) is 0.456. The Balaban J connectivity index is 2.84. The number of aromatic nitrogens is 2. The second-order valence-electron chi connectivity index (χ2n) is 5.64. The molecule has 0 aliphatic carbocycles. The minimum atomic E-state index is 0.113. The molecule has 1 rings (SSSR count). The highest BCUT2D eigenvalue weighted by Crippen LogP contribution is 2.28. The average Bonchev–Trinajstić information content (AvgIpc) is 2.56. The van der Waals surface area contributed by atoms with Crippen molar-refractivity contribution in [1.82, 2.24) is 9.13 Å². The van der Waals surface area contributed by atoms with Gasteiger partial charge in [0.1, 0.15) is 0 Å². The maximum absolute atomic E-state index is 12.0. The predicted octanol–water partition coefficient (Wildman–Crippen LogP) is 3.12. The van der Waals surface area contributed by atoms with E-state index in [-0.39, 0.29) is 11.1 Å². The minimum Gasteiger partial charge on any atom is -0.299 e. The predicted molar refractivity (Wildman–Crippen MR) is 75.7 cm³/mol. The fraction of sp³-hybridized carbons (Fsp3) is 0.769. The number of nitrogens with zero attached hydrogens (tertiary/aromatic N) is 2. The van der Waals surface area contributed by atoms with Crippen LogP contribution in [0.4, 0.5) is 0 Å². The molecular weight excluding hydrogens is 280 g/mol. The summed E-state index contributed by atoms with van der Waals surface area (Å²) in [6, 6.07) is 0. The van der Waals surface area contributed by atoms with Crippen LogP contribution in [0.3, 0.4) is 0 Å². The first-order valence-corrected chi connectivity index (χ1v) is 7.33. The summed E-state index contributed by atoms with van der Waals surface area (Å²) in [6.45, 7) is 10.3. The molecule has 0 saturated heterocycles. The number of halogens is 1. The number of imidazole rings is 1. The molecule has 0 aromatic carbocycles. The van der Waals surface area contributed by atoms with Gasteiger partial charge in [-0.2, -0.15) is 0 Å². The molecule has 0 amide bonds. The van der Waals surface area contributed by atoms with Crippen LogP contribution in [0.25, 0.3) is 0 Å². The van der Waals surface area contributed by atoms with Crippen molar-refractivity contribution in [2.24, 2.45) is 11.3 Å². The summed E-state index contributed by atoms with van der Waals surface area (Å²) in [4.78, 5) is 12.0. The van der Waals surface area contributed by atoms with Crippen molar-refractivity contribution in [2.45, 2.75) is 47.2 Å². The lowest BCUT2D eigenvalue weighted by Gasteiger charge is -2.29. The SMILES string of the molecule is CCCn1ccn(CC(CBr)C(C)(C)C)c1=O. The van der Waals surface area contributed by atoms with E-state index in [4.69, 9.17) is 0 Å². The van der Waals surface area contributed by atoms with E-state index in [9.17, 15) is 4.79 Å². The maximum atomic E-state index is 12.0. The highest BCUT2D eigenvalue weighted by Gasteiger charge is 2.24. The number of alkyl halides is 1. The van der Waals surface area contributed by atoms with E-state index in [2.05, 4.69) is 43.6 Å². The van der Waals surface area contributed by atoms with E-state index in [1.807, 2.05) is 17.0 Å². The Labute approximate surface area is 112 Å². The number of hydrogen-bond donors (Lipinski definition) is 0. The first-order chi connectivity index (χ1) is 7.90. The molecule has 4 heteroatoms. The van der Waals surface area contributed by atoms with Gasteiger partial charge in [0.25, 0.3) is 0 Å². The fourth-order valence-electron chi connectivity index (χ4n) is 1.80. The summed E-state index contributed by atoms with van der Waals surface area (Å²) in [5.41, 5.74) is 0.317. The molecule has 0 N–H and O–H groups in total. The molecular formula is C13H23BrN2O. The van der Waals surface area contributed by atoms with Crippen molar-refractivity contribution in [3.05, 3.63) is 22.9 Å². The van der Waals surface area contributed by atoms with Crippen LogP contribution in [0.15, 0.2) is 17.2 Å². The molecule has 1 aromatic rings. The topological polar surface area (TPSA) is 26.9 Å². The number of rotatable bonds is 5. The fourth-order valence-corrected chi connectivity index (χ4v) is 2.97. The van der Waals surface area contributed by atoms with Gasteiger partial charge in [-0.3, -0.25) is 9.13 Å². The normalized spacial score (nSPS) is 13.9. The van der Waals surface area contributed by atoms with Gasteiger partial charge in [-0.1, -0.05) is 43.6 Å². The largest absolute Gasteiger partial charge is 0.328 e. The van der Waals surface area contributed by atoms with Gasteiger partial charge in [0.05, 0.1) is 0 Å². The lowest BCUT2D eigenvalue weighted by molar-refractivity contribution is 0.237. The summed E-state index contributed by atoms with van der Waals surface area (Å²) in [6.07, 6.45) is 4.78. The lowest BCUT2D eigenvalue weighted by atomic mass is 9.82. The lowest BCUT2D eigenvalue weighted by Crippen LogP contribution is -2.32. The number of aryl methyl sites for hydroxylation is 1. The Hall–Kier alpha value is -0.510. The molecule has 1 atom stereocenters. The zero-order valence-electron chi connectivity index (χ0n) is 11.2. The Morgan fingerprint density at radius 3 is 2.35 bits per heavy atom. The van der Waals surface area contributed by atoms with Crippen LogP contribution in [0.1, 0.15) is 34.1 Å². The minimum absolute atomic E-state index is 0.113. The molecule has 0 aliphatic rings. The van der Waals surface area contributed by atoms with Crippen LogP contribution in [0.5, 0.6) is 0 Å². The third-order valence-electron chi connectivity index (χ3n) is 3.21. The zero-order valence-corrected chi connectivity index (χ0v) is 12.8. The average molecular weight is 303 g/mol.